The van der Waals surface area contributed by atoms with Gasteiger partial charge in [0.25, 0.3) is 0 Å². The first-order chi connectivity index (χ1) is 15.8. The summed E-state index contributed by atoms with van der Waals surface area (Å²) in [5.74, 6) is -0.474. The molecule has 0 aliphatic carbocycles. The fraction of sp³-hybridized carbons (Fsp3) is 0.364. The Balaban J connectivity index is 1.66. The Kier molecular flexibility index (Phi) is 7.30. The molecule has 11 heteroatoms. The van der Waals surface area contributed by atoms with Crippen LogP contribution in [0.15, 0.2) is 52.3 Å². The van der Waals surface area contributed by atoms with Crippen molar-refractivity contribution in [3.63, 3.8) is 0 Å². The highest BCUT2D eigenvalue weighted by atomic mass is 35.5. The summed E-state index contributed by atoms with van der Waals surface area (Å²) in [6.07, 6.45) is 0. The zero-order valence-corrected chi connectivity index (χ0v) is 20.4. The third-order valence-corrected chi connectivity index (χ3v) is 9.00. The average molecular weight is 510 g/mol. The van der Waals surface area contributed by atoms with E-state index in [0.717, 1.165) is 4.90 Å². The first-order valence-electron chi connectivity index (χ1n) is 10.5. The van der Waals surface area contributed by atoms with E-state index in [1.807, 2.05) is 0 Å². The summed E-state index contributed by atoms with van der Waals surface area (Å²) >= 11 is 7.61. The lowest BCUT2D eigenvalue weighted by Gasteiger charge is -2.27. The summed E-state index contributed by atoms with van der Waals surface area (Å²) in [6.45, 7) is 2.76. The zero-order valence-electron chi connectivity index (χ0n) is 18.0. The van der Waals surface area contributed by atoms with E-state index < -0.39 is 15.9 Å². The number of fused-ring (bicyclic) bond motifs is 1. The number of ether oxygens (including phenoxy) is 1. The molecule has 4 rings (SSSR count). The van der Waals surface area contributed by atoms with Gasteiger partial charge in [0.15, 0.2) is 0 Å². The van der Waals surface area contributed by atoms with Crippen LogP contribution in [0.5, 0.6) is 0 Å². The van der Waals surface area contributed by atoms with Gasteiger partial charge in [-0.25, -0.2) is 8.42 Å². The maximum absolute atomic E-state index is 13.2. The van der Waals surface area contributed by atoms with E-state index in [4.69, 9.17) is 16.3 Å². The molecule has 2 aliphatic heterocycles. The molecule has 2 amide bonds. The van der Waals surface area contributed by atoms with Crippen LogP contribution >= 0.6 is 23.4 Å². The topological polar surface area (TPSA) is 96.0 Å². The Morgan fingerprint density at radius 3 is 2.67 bits per heavy atom. The first kappa shape index (κ1) is 24.0. The highest BCUT2D eigenvalue weighted by molar-refractivity contribution is 7.99. The highest BCUT2D eigenvalue weighted by Crippen LogP contribution is 2.38. The van der Waals surface area contributed by atoms with E-state index in [1.54, 1.807) is 43.3 Å². The Hall–Kier alpha value is -2.11. The number of sulfonamides is 1. The SMILES string of the molecule is CC1CSc2ccc(S(=O)(=O)N3CCOCC3)cc2N(CC(=O)Nc2ccccc2Cl)C1=O. The van der Waals surface area contributed by atoms with Gasteiger partial charge in [0.1, 0.15) is 6.54 Å². The lowest BCUT2D eigenvalue weighted by molar-refractivity contribution is -0.123. The highest BCUT2D eigenvalue weighted by Gasteiger charge is 2.32. The number of hydrogen-bond acceptors (Lipinski definition) is 6. The van der Waals surface area contributed by atoms with Crippen molar-refractivity contribution in [3.8, 4) is 0 Å². The maximum atomic E-state index is 13.2. The van der Waals surface area contributed by atoms with Gasteiger partial charge in [0.2, 0.25) is 21.8 Å². The van der Waals surface area contributed by atoms with Gasteiger partial charge in [-0.05, 0) is 30.3 Å². The number of nitrogens with zero attached hydrogens (tertiary/aromatic N) is 2. The molecular formula is C22H24ClN3O5S2. The molecule has 8 nitrogen and oxygen atoms in total. The quantitative estimate of drug-likeness (QED) is 0.665. The number of thioether (sulfide) groups is 1. The van der Waals surface area contributed by atoms with Crippen molar-refractivity contribution in [3.05, 3.63) is 47.5 Å². The number of carbonyl (C=O) groups excluding carboxylic acids is 2. The molecule has 2 aromatic carbocycles. The molecule has 0 spiro atoms. The van der Waals surface area contributed by atoms with Crippen LogP contribution in [0.4, 0.5) is 11.4 Å². The number of hydrogen-bond donors (Lipinski definition) is 1. The van der Waals surface area contributed by atoms with Gasteiger partial charge in [-0.1, -0.05) is 30.7 Å². The van der Waals surface area contributed by atoms with Crippen LogP contribution in [0.3, 0.4) is 0 Å². The number of nitrogens with one attached hydrogen (secondary N) is 1. The van der Waals surface area contributed by atoms with Crippen LogP contribution in [-0.2, 0) is 24.3 Å². The molecule has 2 heterocycles. The molecule has 2 aromatic rings. The monoisotopic (exact) mass is 509 g/mol. The molecule has 0 radical (unpaired) electrons. The molecule has 0 bridgehead atoms. The third-order valence-electron chi connectivity index (χ3n) is 5.46. The van der Waals surface area contributed by atoms with E-state index in [1.165, 1.54) is 27.0 Å². The van der Waals surface area contributed by atoms with Gasteiger partial charge in [-0.3, -0.25) is 9.59 Å². The number of benzene rings is 2. The third kappa shape index (κ3) is 5.20. The minimum atomic E-state index is -3.76. The van der Waals surface area contributed by atoms with Crippen molar-refractivity contribution in [1.82, 2.24) is 4.31 Å². The Morgan fingerprint density at radius 2 is 1.94 bits per heavy atom. The summed E-state index contributed by atoms with van der Waals surface area (Å²) in [7, 11) is -3.76. The van der Waals surface area contributed by atoms with Gasteiger partial charge < -0.3 is 15.0 Å². The van der Waals surface area contributed by atoms with Gasteiger partial charge in [0.05, 0.1) is 34.5 Å². The van der Waals surface area contributed by atoms with Gasteiger partial charge in [-0.15, -0.1) is 11.8 Å². The number of carbonyl (C=O) groups is 2. The predicted octanol–water partition coefficient (Wildman–Crippen LogP) is 3.07. The van der Waals surface area contributed by atoms with E-state index in [-0.39, 0.29) is 36.4 Å². The Morgan fingerprint density at radius 1 is 1.21 bits per heavy atom. The van der Waals surface area contributed by atoms with E-state index in [9.17, 15) is 18.0 Å². The second-order valence-electron chi connectivity index (χ2n) is 7.81. The smallest absolute Gasteiger partial charge is 0.244 e. The number of morpholine rings is 1. The molecule has 1 saturated heterocycles. The number of rotatable bonds is 5. The molecular weight excluding hydrogens is 486 g/mol. The maximum Gasteiger partial charge on any atom is 0.244 e. The number of amides is 2. The molecule has 0 aromatic heterocycles. The molecule has 1 atom stereocenters. The molecule has 33 heavy (non-hydrogen) atoms. The van der Waals surface area contributed by atoms with Gasteiger partial charge in [-0.2, -0.15) is 4.31 Å². The average Bonchev–Trinajstić information content (AvgIpc) is 2.93. The van der Waals surface area contributed by atoms with Crippen molar-refractivity contribution in [2.45, 2.75) is 16.7 Å². The van der Waals surface area contributed by atoms with Gasteiger partial charge >= 0.3 is 0 Å². The summed E-state index contributed by atoms with van der Waals surface area (Å²) in [6, 6.07) is 11.6. The van der Waals surface area contributed by atoms with Crippen molar-refractivity contribution in [2.75, 3.05) is 48.8 Å². The van der Waals surface area contributed by atoms with Crippen LogP contribution < -0.4 is 10.2 Å². The fourth-order valence-corrected chi connectivity index (χ4v) is 6.32. The molecule has 0 saturated carbocycles. The van der Waals surface area contributed by atoms with Gasteiger partial charge in [0, 0.05) is 29.7 Å². The van der Waals surface area contributed by atoms with Crippen molar-refractivity contribution >= 4 is 56.6 Å². The van der Waals surface area contributed by atoms with Crippen molar-refractivity contribution in [1.29, 1.82) is 0 Å². The van der Waals surface area contributed by atoms with Crippen LogP contribution in [0.25, 0.3) is 0 Å². The summed E-state index contributed by atoms with van der Waals surface area (Å²) in [5, 5.41) is 3.11. The normalized spacial score (nSPS) is 19.6. The molecule has 2 aliphatic rings. The number of anilines is 2. The molecule has 1 unspecified atom stereocenters. The van der Waals surface area contributed by atoms with Crippen molar-refractivity contribution in [2.24, 2.45) is 5.92 Å². The second kappa shape index (κ2) is 10.0. The fourth-order valence-electron chi connectivity index (χ4n) is 3.66. The minimum absolute atomic E-state index is 0.0858. The lowest BCUT2D eigenvalue weighted by atomic mass is 10.1. The van der Waals surface area contributed by atoms with Crippen LogP contribution in [0.1, 0.15) is 6.92 Å². The lowest BCUT2D eigenvalue weighted by Crippen LogP contribution is -2.42. The van der Waals surface area contributed by atoms with E-state index in [0.29, 0.717) is 35.4 Å². The second-order valence-corrected chi connectivity index (χ2v) is 11.2. The number of para-hydroxylation sites is 1. The van der Waals surface area contributed by atoms with Crippen LogP contribution in [-0.4, -0.2) is 63.1 Å². The summed E-state index contributed by atoms with van der Waals surface area (Å²) in [4.78, 5) is 28.2. The standard InChI is InChI=1S/C22H24ClN3O5S2/c1-15-14-32-20-7-6-16(33(29,30)25-8-10-31-11-9-25)12-19(20)26(22(15)28)13-21(27)24-18-5-3-2-4-17(18)23/h2-7,12,15H,8-11,13-14H2,1H3,(H,24,27). The van der Waals surface area contributed by atoms with Crippen LogP contribution in [0.2, 0.25) is 5.02 Å². The zero-order chi connectivity index (χ0) is 23.6. The molecule has 1 fully saturated rings. The molecule has 176 valence electrons. The Bertz CT molecular complexity index is 1170. The van der Waals surface area contributed by atoms with E-state index in [2.05, 4.69) is 5.32 Å². The summed E-state index contributed by atoms with van der Waals surface area (Å²) < 4.78 is 33.0. The minimum Gasteiger partial charge on any atom is -0.379 e. The molecule has 1 N–H and O–H groups in total. The Labute approximate surface area is 202 Å². The van der Waals surface area contributed by atoms with E-state index >= 15 is 0 Å². The van der Waals surface area contributed by atoms with Crippen molar-refractivity contribution < 1.29 is 22.7 Å². The summed E-state index contributed by atoms with van der Waals surface area (Å²) in [5.41, 5.74) is 0.857. The number of halogens is 1. The largest absolute Gasteiger partial charge is 0.379 e. The predicted molar refractivity (Wildman–Crippen MR) is 128 cm³/mol. The van der Waals surface area contributed by atoms with Crippen LogP contribution in [0, 0.1) is 5.92 Å². The first-order valence-corrected chi connectivity index (χ1v) is 13.3.